The molecule has 2 aliphatic rings. The zero-order valence-corrected chi connectivity index (χ0v) is 9.23. The predicted octanol–water partition coefficient (Wildman–Crippen LogP) is 1.02. The lowest BCUT2D eigenvalue weighted by molar-refractivity contribution is -0.0536. The van der Waals surface area contributed by atoms with Gasteiger partial charge in [-0.3, -0.25) is 0 Å². The van der Waals surface area contributed by atoms with Gasteiger partial charge in [-0.1, -0.05) is 24.3 Å². The van der Waals surface area contributed by atoms with Crippen LogP contribution in [0.25, 0.3) is 0 Å². The van der Waals surface area contributed by atoms with Crippen molar-refractivity contribution in [3.63, 3.8) is 0 Å². The van der Waals surface area contributed by atoms with E-state index in [-0.39, 0.29) is 18.3 Å². The molecule has 3 nitrogen and oxygen atoms in total. The fourth-order valence-electron chi connectivity index (χ4n) is 2.65. The number of aliphatic hydroxyl groups is 1. The van der Waals surface area contributed by atoms with Crippen LogP contribution in [-0.4, -0.2) is 30.4 Å². The number of nitrogens with one attached hydrogen (secondary N) is 1. The maximum atomic E-state index is 9.71. The molecule has 0 radical (unpaired) electrons. The lowest BCUT2D eigenvalue weighted by Gasteiger charge is -2.20. The molecule has 3 rings (SSSR count). The Balaban J connectivity index is 1.73. The molecule has 0 amide bonds. The minimum Gasteiger partial charge on any atom is -0.389 e. The van der Waals surface area contributed by atoms with Gasteiger partial charge in [0.05, 0.1) is 18.3 Å². The Morgan fingerprint density at radius 1 is 1.25 bits per heavy atom. The van der Waals surface area contributed by atoms with Gasteiger partial charge in [0.1, 0.15) is 0 Å². The molecule has 1 aromatic carbocycles. The van der Waals surface area contributed by atoms with Crippen molar-refractivity contribution in [1.29, 1.82) is 0 Å². The molecule has 1 unspecified atom stereocenters. The van der Waals surface area contributed by atoms with E-state index >= 15 is 0 Å². The summed E-state index contributed by atoms with van der Waals surface area (Å²) >= 11 is 0. The third kappa shape index (κ3) is 1.75. The van der Waals surface area contributed by atoms with Crippen molar-refractivity contribution in [2.75, 3.05) is 13.1 Å². The number of aryl methyl sites for hydroxylation is 1. The van der Waals surface area contributed by atoms with Gasteiger partial charge in [0.15, 0.2) is 0 Å². The minimum absolute atomic E-state index is 0.0452. The second-order valence-electron chi connectivity index (χ2n) is 4.63. The van der Waals surface area contributed by atoms with Crippen LogP contribution in [0.3, 0.4) is 0 Å². The maximum Gasteiger partial charge on any atom is 0.0978 e. The summed E-state index contributed by atoms with van der Waals surface area (Å²) in [4.78, 5) is 0. The first kappa shape index (κ1) is 10.3. The second kappa shape index (κ2) is 4.17. The summed E-state index contributed by atoms with van der Waals surface area (Å²) in [7, 11) is 0. The van der Waals surface area contributed by atoms with Gasteiger partial charge in [-0.15, -0.1) is 0 Å². The lowest BCUT2D eigenvalue weighted by Crippen LogP contribution is -2.28. The van der Waals surface area contributed by atoms with Gasteiger partial charge in [-0.2, -0.15) is 0 Å². The number of β-amino-alcohol motifs (C(OH)–C–C–N with tert-alkyl or cyclic N) is 1. The number of aliphatic hydroxyl groups excluding tert-OH is 1. The highest BCUT2D eigenvalue weighted by atomic mass is 16.5. The molecule has 3 atom stereocenters. The Labute approximate surface area is 95.4 Å². The summed E-state index contributed by atoms with van der Waals surface area (Å²) < 4.78 is 6.00. The standard InChI is InChI=1S/C13H17NO2/c15-11-7-14-8-13(11)16-12-6-5-9-3-1-2-4-10(9)12/h1-4,11-15H,5-8H2/t11-,12?,13-/m0/s1. The molecule has 1 saturated heterocycles. The normalized spacial score (nSPS) is 32.9. The molecule has 0 saturated carbocycles. The second-order valence-corrected chi connectivity index (χ2v) is 4.63. The number of hydrogen-bond donors (Lipinski definition) is 2. The van der Waals surface area contributed by atoms with Gasteiger partial charge >= 0.3 is 0 Å². The third-order valence-corrected chi connectivity index (χ3v) is 3.55. The topological polar surface area (TPSA) is 41.5 Å². The first-order valence-corrected chi connectivity index (χ1v) is 5.96. The first-order valence-electron chi connectivity index (χ1n) is 5.96. The first-order chi connectivity index (χ1) is 7.84. The molecule has 16 heavy (non-hydrogen) atoms. The van der Waals surface area contributed by atoms with Crippen LogP contribution in [0, 0.1) is 0 Å². The number of rotatable bonds is 2. The Kier molecular flexibility index (Phi) is 2.67. The van der Waals surface area contributed by atoms with Gasteiger partial charge in [-0.25, -0.2) is 0 Å². The number of fused-ring (bicyclic) bond motifs is 1. The molecule has 1 aromatic rings. The number of ether oxygens (including phenoxy) is 1. The molecule has 2 N–H and O–H groups in total. The van der Waals surface area contributed by atoms with Crippen LogP contribution in [-0.2, 0) is 11.2 Å². The summed E-state index contributed by atoms with van der Waals surface area (Å²) in [5, 5.41) is 12.9. The van der Waals surface area contributed by atoms with Crippen LogP contribution < -0.4 is 5.32 Å². The van der Waals surface area contributed by atoms with E-state index in [9.17, 15) is 5.11 Å². The molecule has 0 bridgehead atoms. The molecule has 86 valence electrons. The van der Waals surface area contributed by atoms with Gasteiger partial charge in [0.25, 0.3) is 0 Å². The van der Waals surface area contributed by atoms with E-state index in [2.05, 4.69) is 29.6 Å². The van der Waals surface area contributed by atoms with Gasteiger partial charge < -0.3 is 15.2 Å². The van der Waals surface area contributed by atoms with Crippen LogP contribution >= 0.6 is 0 Å². The monoisotopic (exact) mass is 219 g/mol. The molecule has 3 heteroatoms. The fraction of sp³-hybridized carbons (Fsp3) is 0.538. The van der Waals surface area contributed by atoms with E-state index < -0.39 is 0 Å². The molecule has 1 fully saturated rings. The van der Waals surface area contributed by atoms with E-state index in [1.54, 1.807) is 0 Å². The van der Waals surface area contributed by atoms with Crippen molar-refractivity contribution in [1.82, 2.24) is 5.32 Å². The average Bonchev–Trinajstić information content (AvgIpc) is 2.88. The van der Waals surface area contributed by atoms with E-state index in [1.807, 2.05) is 0 Å². The largest absolute Gasteiger partial charge is 0.389 e. The Morgan fingerprint density at radius 2 is 2.12 bits per heavy atom. The summed E-state index contributed by atoms with van der Waals surface area (Å²) in [6.45, 7) is 1.42. The molecular weight excluding hydrogens is 202 g/mol. The Hall–Kier alpha value is -0.900. The zero-order valence-electron chi connectivity index (χ0n) is 9.23. The van der Waals surface area contributed by atoms with E-state index in [4.69, 9.17) is 4.74 Å². The van der Waals surface area contributed by atoms with Crippen LogP contribution in [0.4, 0.5) is 0 Å². The van der Waals surface area contributed by atoms with Gasteiger partial charge in [-0.05, 0) is 24.0 Å². The Bertz CT molecular complexity index is 380. The summed E-state index contributed by atoms with van der Waals surface area (Å²) in [5.41, 5.74) is 2.70. The lowest BCUT2D eigenvalue weighted by atomic mass is 10.1. The molecule has 0 aromatic heterocycles. The molecule has 1 heterocycles. The summed E-state index contributed by atoms with van der Waals surface area (Å²) in [5.74, 6) is 0. The van der Waals surface area contributed by atoms with Crippen LogP contribution in [0.5, 0.6) is 0 Å². The minimum atomic E-state index is -0.354. The Morgan fingerprint density at radius 3 is 2.94 bits per heavy atom. The fourth-order valence-corrected chi connectivity index (χ4v) is 2.65. The van der Waals surface area contributed by atoms with Crippen LogP contribution in [0.1, 0.15) is 23.7 Å². The summed E-state index contributed by atoms with van der Waals surface area (Å²) in [6.07, 6.45) is 1.92. The molecule has 1 aliphatic heterocycles. The van der Waals surface area contributed by atoms with Crippen molar-refractivity contribution in [3.8, 4) is 0 Å². The smallest absolute Gasteiger partial charge is 0.0978 e. The average molecular weight is 219 g/mol. The predicted molar refractivity (Wildman–Crippen MR) is 61.3 cm³/mol. The van der Waals surface area contributed by atoms with Gasteiger partial charge in [0.2, 0.25) is 0 Å². The third-order valence-electron chi connectivity index (χ3n) is 3.55. The highest BCUT2D eigenvalue weighted by Gasteiger charge is 2.31. The van der Waals surface area contributed by atoms with Crippen molar-refractivity contribution in [3.05, 3.63) is 35.4 Å². The van der Waals surface area contributed by atoms with Crippen molar-refractivity contribution < 1.29 is 9.84 Å². The zero-order chi connectivity index (χ0) is 11.0. The van der Waals surface area contributed by atoms with Gasteiger partial charge in [0, 0.05) is 13.1 Å². The molecule has 1 aliphatic carbocycles. The highest BCUT2D eigenvalue weighted by Crippen LogP contribution is 2.35. The van der Waals surface area contributed by atoms with E-state index in [0.717, 1.165) is 19.4 Å². The number of hydrogen-bond acceptors (Lipinski definition) is 3. The van der Waals surface area contributed by atoms with Crippen molar-refractivity contribution in [2.45, 2.75) is 31.2 Å². The van der Waals surface area contributed by atoms with E-state index in [0.29, 0.717) is 6.54 Å². The van der Waals surface area contributed by atoms with Crippen LogP contribution in [0.2, 0.25) is 0 Å². The SMILES string of the molecule is O[C@H]1CNC[C@@H]1OC1CCc2ccccc21. The summed E-state index contributed by atoms with van der Waals surface area (Å²) in [6, 6.07) is 8.45. The van der Waals surface area contributed by atoms with Crippen molar-refractivity contribution >= 4 is 0 Å². The highest BCUT2D eigenvalue weighted by molar-refractivity contribution is 5.33. The van der Waals surface area contributed by atoms with E-state index in [1.165, 1.54) is 11.1 Å². The quantitative estimate of drug-likeness (QED) is 0.780. The molecular formula is C13H17NO2. The van der Waals surface area contributed by atoms with Crippen molar-refractivity contribution in [2.24, 2.45) is 0 Å². The van der Waals surface area contributed by atoms with Crippen LogP contribution in [0.15, 0.2) is 24.3 Å². The molecule has 0 spiro atoms. The number of benzene rings is 1. The maximum absolute atomic E-state index is 9.71.